The number of aryl methyl sites for hydroxylation is 2. The molecule has 0 bridgehead atoms. The van der Waals surface area contributed by atoms with Gasteiger partial charge in [-0.25, -0.2) is 4.39 Å². The summed E-state index contributed by atoms with van der Waals surface area (Å²) in [7, 11) is 0. The molecular formula is C9H9FN4. The molecule has 0 aliphatic heterocycles. The Bertz CT molecular complexity index is 464. The maximum atomic E-state index is 13.4. The summed E-state index contributed by atoms with van der Waals surface area (Å²) in [5.41, 5.74) is 1.35. The van der Waals surface area contributed by atoms with Crippen LogP contribution in [0.15, 0.2) is 18.2 Å². The van der Waals surface area contributed by atoms with Gasteiger partial charge in [-0.15, -0.1) is 5.10 Å². The molecule has 2 rings (SSSR count). The van der Waals surface area contributed by atoms with Crippen molar-refractivity contribution in [3.63, 3.8) is 0 Å². The number of nitrogens with zero attached hydrogens (tertiary/aromatic N) is 4. The zero-order valence-electron chi connectivity index (χ0n) is 7.90. The smallest absolute Gasteiger partial charge is 0.153 e. The third-order valence-electron chi connectivity index (χ3n) is 1.96. The van der Waals surface area contributed by atoms with Crippen LogP contribution in [-0.4, -0.2) is 20.2 Å². The van der Waals surface area contributed by atoms with Crippen LogP contribution >= 0.6 is 0 Å². The fourth-order valence-electron chi connectivity index (χ4n) is 1.24. The first kappa shape index (κ1) is 8.80. The van der Waals surface area contributed by atoms with Crippen molar-refractivity contribution in [3.8, 4) is 5.69 Å². The van der Waals surface area contributed by atoms with Gasteiger partial charge in [-0.2, -0.15) is 4.68 Å². The van der Waals surface area contributed by atoms with Crippen LogP contribution in [0.4, 0.5) is 4.39 Å². The molecule has 0 aliphatic rings. The number of benzene rings is 1. The maximum absolute atomic E-state index is 13.4. The second kappa shape index (κ2) is 3.17. The van der Waals surface area contributed by atoms with Crippen LogP contribution in [0.5, 0.6) is 0 Å². The summed E-state index contributed by atoms with van der Waals surface area (Å²) in [6, 6.07) is 4.82. The Morgan fingerprint density at radius 1 is 1.29 bits per heavy atom. The first-order chi connectivity index (χ1) is 6.68. The first-order valence-electron chi connectivity index (χ1n) is 4.20. The molecular weight excluding hydrogens is 183 g/mol. The standard InChI is InChI=1S/C9H9FN4/c1-6-3-4-8(10)9(5-6)14-7(2)11-12-13-14/h3-5H,1-2H3. The zero-order chi connectivity index (χ0) is 10.1. The SMILES string of the molecule is Cc1ccc(F)c(-n2nnnc2C)c1. The van der Waals surface area contributed by atoms with Crippen LogP contribution in [0.3, 0.4) is 0 Å². The molecule has 2 aromatic rings. The van der Waals surface area contributed by atoms with Gasteiger partial charge in [0, 0.05) is 0 Å². The Morgan fingerprint density at radius 2 is 2.07 bits per heavy atom. The van der Waals surface area contributed by atoms with E-state index in [2.05, 4.69) is 15.5 Å². The second-order valence-corrected chi connectivity index (χ2v) is 3.09. The van der Waals surface area contributed by atoms with Crippen molar-refractivity contribution >= 4 is 0 Å². The summed E-state index contributed by atoms with van der Waals surface area (Å²) in [5.74, 6) is 0.237. The molecule has 72 valence electrons. The molecule has 0 saturated carbocycles. The van der Waals surface area contributed by atoms with Crippen molar-refractivity contribution in [1.82, 2.24) is 20.2 Å². The van der Waals surface area contributed by atoms with Crippen molar-refractivity contribution in [2.45, 2.75) is 13.8 Å². The lowest BCUT2D eigenvalue weighted by Gasteiger charge is -2.03. The number of aromatic nitrogens is 4. The fourth-order valence-corrected chi connectivity index (χ4v) is 1.24. The van der Waals surface area contributed by atoms with E-state index >= 15 is 0 Å². The van der Waals surface area contributed by atoms with Crippen molar-refractivity contribution in [2.75, 3.05) is 0 Å². The predicted molar refractivity (Wildman–Crippen MR) is 48.6 cm³/mol. The highest BCUT2D eigenvalue weighted by Gasteiger charge is 2.08. The van der Waals surface area contributed by atoms with E-state index in [9.17, 15) is 4.39 Å². The van der Waals surface area contributed by atoms with E-state index in [1.807, 2.05) is 6.92 Å². The monoisotopic (exact) mass is 192 g/mol. The Morgan fingerprint density at radius 3 is 2.71 bits per heavy atom. The molecule has 0 fully saturated rings. The number of halogens is 1. The number of rotatable bonds is 1. The maximum Gasteiger partial charge on any atom is 0.153 e. The zero-order valence-corrected chi connectivity index (χ0v) is 7.90. The summed E-state index contributed by atoms with van der Waals surface area (Å²) in [4.78, 5) is 0. The largest absolute Gasteiger partial charge is 0.205 e. The quantitative estimate of drug-likeness (QED) is 0.686. The highest BCUT2D eigenvalue weighted by molar-refractivity contribution is 5.36. The Hall–Kier alpha value is -1.78. The van der Waals surface area contributed by atoms with Crippen molar-refractivity contribution < 1.29 is 4.39 Å². The van der Waals surface area contributed by atoms with Gasteiger partial charge in [0.25, 0.3) is 0 Å². The van der Waals surface area contributed by atoms with E-state index in [0.717, 1.165) is 5.56 Å². The minimum absolute atomic E-state index is 0.328. The minimum Gasteiger partial charge on any atom is -0.205 e. The van der Waals surface area contributed by atoms with Gasteiger partial charge in [-0.05, 0) is 42.0 Å². The number of hydrogen-bond acceptors (Lipinski definition) is 3. The molecule has 0 amide bonds. The molecule has 0 unspecified atom stereocenters. The van der Waals surface area contributed by atoms with Gasteiger partial charge >= 0.3 is 0 Å². The molecule has 14 heavy (non-hydrogen) atoms. The average Bonchev–Trinajstić information content (AvgIpc) is 2.56. The topological polar surface area (TPSA) is 43.6 Å². The summed E-state index contributed by atoms with van der Waals surface area (Å²) >= 11 is 0. The summed E-state index contributed by atoms with van der Waals surface area (Å²) in [5, 5.41) is 10.9. The van der Waals surface area contributed by atoms with Gasteiger partial charge in [0.2, 0.25) is 0 Å². The lowest BCUT2D eigenvalue weighted by Crippen LogP contribution is -2.02. The third-order valence-corrected chi connectivity index (χ3v) is 1.96. The van der Waals surface area contributed by atoms with Gasteiger partial charge in [0.15, 0.2) is 5.82 Å². The van der Waals surface area contributed by atoms with Crippen molar-refractivity contribution in [1.29, 1.82) is 0 Å². The molecule has 0 N–H and O–H groups in total. The second-order valence-electron chi connectivity index (χ2n) is 3.09. The Balaban J connectivity index is 2.62. The predicted octanol–water partition coefficient (Wildman–Crippen LogP) is 1.42. The third kappa shape index (κ3) is 1.37. The normalized spacial score (nSPS) is 10.5. The van der Waals surface area contributed by atoms with E-state index < -0.39 is 0 Å². The minimum atomic E-state index is -0.328. The molecule has 0 saturated heterocycles. The van der Waals surface area contributed by atoms with Crippen LogP contribution < -0.4 is 0 Å². The Labute approximate surface area is 80.4 Å². The van der Waals surface area contributed by atoms with Gasteiger partial charge in [-0.1, -0.05) is 6.07 Å². The lowest BCUT2D eigenvalue weighted by atomic mass is 10.2. The van der Waals surface area contributed by atoms with Crippen LogP contribution in [-0.2, 0) is 0 Å². The van der Waals surface area contributed by atoms with Gasteiger partial charge in [-0.3, -0.25) is 0 Å². The lowest BCUT2D eigenvalue weighted by molar-refractivity contribution is 0.604. The summed E-state index contributed by atoms with van der Waals surface area (Å²) in [6.07, 6.45) is 0. The molecule has 0 spiro atoms. The van der Waals surface area contributed by atoms with Crippen molar-refractivity contribution in [3.05, 3.63) is 35.4 Å². The van der Waals surface area contributed by atoms with Gasteiger partial charge in [0.1, 0.15) is 11.5 Å². The molecule has 1 aromatic carbocycles. The molecule has 5 heteroatoms. The average molecular weight is 192 g/mol. The number of tetrazole rings is 1. The van der Waals surface area contributed by atoms with E-state index in [4.69, 9.17) is 0 Å². The van der Waals surface area contributed by atoms with Crippen LogP contribution in [0, 0.1) is 19.7 Å². The highest BCUT2D eigenvalue weighted by Crippen LogP contribution is 2.14. The molecule has 0 atom stereocenters. The Kier molecular flexibility index (Phi) is 1.99. The first-order valence-corrected chi connectivity index (χ1v) is 4.20. The van der Waals surface area contributed by atoms with E-state index in [1.165, 1.54) is 10.7 Å². The van der Waals surface area contributed by atoms with Crippen LogP contribution in [0.25, 0.3) is 5.69 Å². The summed E-state index contributed by atoms with van der Waals surface area (Å²) in [6.45, 7) is 3.62. The molecule has 0 radical (unpaired) electrons. The van der Waals surface area contributed by atoms with E-state index in [1.54, 1.807) is 19.1 Å². The highest BCUT2D eigenvalue weighted by atomic mass is 19.1. The molecule has 0 aliphatic carbocycles. The molecule has 1 heterocycles. The summed E-state index contributed by atoms with van der Waals surface area (Å²) < 4.78 is 14.8. The van der Waals surface area contributed by atoms with Crippen LogP contribution in [0.1, 0.15) is 11.4 Å². The fraction of sp³-hybridized carbons (Fsp3) is 0.222. The molecule has 1 aromatic heterocycles. The van der Waals surface area contributed by atoms with Crippen molar-refractivity contribution in [2.24, 2.45) is 0 Å². The van der Waals surface area contributed by atoms with E-state index in [0.29, 0.717) is 11.5 Å². The van der Waals surface area contributed by atoms with E-state index in [-0.39, 0.29) is 5.82 Å². The van der Waals surface area contributed by atoms with Gasteiger partial charge in [0.05, 0.1) is 0 Å². The van der Waals surface area contributed by atoms with Crippen LogP contribution in [0.2, 0.25) is 0 Å². The number of hydrogen-bond donors (Lipinski definition) is 0. The van der Waals surface area contributed by atoms with Gasteiger partial charge < -0.3 is 0 Å². The molecule has 4 nitrogen and oxygen atoms in total.